The van der Waals surface area contributed by atoms with E-state index >= 15 is 0 Å². The van der Waals surface area contributed by atoms with E-state index in [0.717, 1.165) is 34.2 Å². The monoisotopic (exact) mass is 504 g/mol. The van der Waals surface area contributed by atoms with Crippen molar-refractivity contribution in [3.63, 3.8) is 0 Å². The highest BCUT2D eigenvalue weighted by atomic mass is 32.2. The van der Waals surface area contributed by atoms with Crippen LogP contribution >= 0.6 is 0 Å². The minimum absolute atomic E-state index is 0.00572. The summed E-state index contributed by atoms with van der Waals surface area (Å²) in [5.74, 6) is -0.919. The van der Waals surface area contributed by atoms with Crippen LogP contribution < -0.4 is 9.62 Å². The topological polar surface area (TPSA) is 130 Å². The number of sulfonamides is 1. The van der Waals surface area contributed by atoms with E-state index < -0.39 is 33.4 Å². The van der Waals surface area contributed by atoms with Gasteiger partial charge in [0.05, 0.1) is 16.9 Å². The Morgan fingerprint density at radius 2 is 1.77 bits per heavy atom. The molecule has 1 atom stereocenters. The number of rotatable bonds is 12. The van der Waals surface area contributed by atoms with Gasteiger partial charge in [-0.2, -0.15) is 0 Å². The summed E-state index contributed by atoms with van der Waals surface area (Å²) >= 11 is 0. The lowest BCUT2D eigenvalue weighted by atomic mass is 10.1. The van der Waals surface area contributed by atoms with Crippen LogP contribution in [0.15, 0.2) is 48.5 Å². The fraction of sp³-hybridized carbons (Fsp3) is 0.417. The minimum atomic E-state index is -3.97. The minimum Gasteiger partial charge on any atom is -0.354 e. The second-order valence-corrected chi connectivity index (χ2v) is 10.2. The molecule has 2 aromatic rings. The zero-order valence-corrected chi connectivity index (χ0v) is 21.2. The molecule has 0 saturated heterocycles. The molecule has 0 aliphatic rings. The predicted octanol–water partition coefficient (Wildman–Crippen LogP) is 3.00. The molecule has 1 N–H and O–H groups in total. The van der Waals surface area contributed by atoms with Gasteiger partial charge >= 0.3 is 0 Å². The molecule has 0 bridgehead atoms. The highest BCUT2D eigenvalue weighted by molar-refractivity contribution is 7.92. The molecule has 11 heteroatoms. The summed E-state index contributed by atoms with van der Waals surface area (Å²) in [6.45, 7) is 5.57. The molecule has 0 heterocycles. The molecule has 190 valence electrons. The standard InChI is InChI=1S/C24H32N4O6S/c1-5-14-25-24(30)22(6-2)26(16-19-12-10-18(3)11-13-19)23(29)17-27(35(4,33)34)20-8-7-9-21(15-20)28(31)32/h7-13,15,22H,5-6,14,16-17H2,1-4H3,(H,25,30). The number of amides is 2. The molecule has 0 radical (unpaired) electrons. The number of carbonyl (C=O) groups is 2. The Hall–Kier alpha value is -3.47. The van der Waals surface area contributed by atoms with Crippen molar-refractivity contribution in [2.75, 3.05) is 23.7 Å². The molecule has 2 amide bonds. The number of benzene rings is 2. The summed E-state index contributed by atoms with van der Waals surface area (Å²) in [6, 6.07) is 11.7. The van der Waals surface area contributed by atoms with Gasteiger partial charge in [0.15, 0.2) is 0 Å². The number of nitro benzene ring substituents is 1. The van der Waals surface area contributed by atoms with Crippen LogP contribution in [0.1, 0.15) is 37.8 Å². The molecule has 2 aromatic carbocycles. The van der Waals surface area contributed by atoms with E-state index in [1.165, 1.54) is 23.1 Å². The maximum atomic E-state index is 13.5. The molecule has 0 aromatic heterocycles. The number of aryl methyl sites for hydroxylation is 1. The van der Waals surface area contributed by atoms with Crippen molar-refractivity contribution in [1.82, 2.24) is 10.2 Å². The van der Waals surface area contributed by atoms with Crippen LogP contribution in [0.2, 0.25) is 0 Å². The van der Waals surface area contributed by atoms with E-state index in [2.05, 4.69) is 5.32 Å². The largest absolute Gasteiger partial charge is 0.354 e. The Balaban J connectivity index is 2.45. The zero-order chi connectivity index (χ0) is 26.2. The Morgan fingerprint density at radius 3 is 2.31 bits per heavy atom. The van der Waals surface area contributed by atoms with Crippen molar-refractivity contribution in [3.05, 3.63) is 69.8 Å². The lowest BCUT2D eigenvalue weighted by molar-refractivity contribution is -0.384. The fourth-order valence-electron chi connectivity index (χ4n) is 3.55. The van der Waals surface area contributed by atoms with Gasteiger partial charge in [-0.1, -0.05) is 49.7 Å². The van der Waals surface area contributed by atoms with E-state index in [0.29, 0.717) is 13.0 Å². The van der Waals surface area contributed by atoms with Gasteiger partial charge in [0, 0.05) is 25.2 Å². The van der Waals surface area contributed by atoms with E-state index in [-0.39, 0.29) is 23.8 Å². The summed E-state index contributed by atoms with van der Waals surface area (Å²) in [5.41, 5.74) is 1.51. The number of anilines is 1. The van der Waals surface area contributed by atoms with Gasteiger partial charge in [-0.3, -0.25) is 24.0 Å². The molecule has 2 rings (SSSR count). The molecule has 0 spiro atoms. The van der Waals surface area contributed by atoms with Crippen LogP contribution in [0, 0.1) is 17.0 Å². The van der Waals surface area contributed by atoms with Gasteiger partial charge < -0.3 is 10.2 Å². The molecular weight excluding hydrogens is 472 g/mol. The molecule has 0 aliphatic heterocycles. The van der Waals surface area contributed by atoms with Crippen molar-refractivity contribution < 1.29 is 22.9 Å². The number of nitro groups is 1. The lowest BCUT2D eigenvalue weighted by Gasteiger charge is -2.32. The van der Waals surface area contributed by atoms with Gasteiger partial charge in [-0.05, 0) is 31.4 Å². The van der Waals surface area contributed by atoms with Crippen molar-refractivity contribution in [2.24, 2.45) is 0 Å². The first-order valence-electron chi connectivity index (χ1n) is 11.3. The number of hydrogen-bond donors (Lipinski definition) is 1. The van der Waals surface area contributed by atoms with Crippen LogP contribution in [0.5, 0.6) is 0 Å². The molecule has 0 fully saturated rings. The molecule has 0 saturated carbocycles. The third-order valence-corrected chi connectivity index (χ3v) is 6.56. The molecule has 35 heavy (non-hydrogen) atoms. The summed E-state index contributed by atoms with van der Waals surface area (Å²) < 4.78 is 26.0. The van der Waals surface area contributed by atoms with E-state index in [9.17, 15) is 28.1 Å². The first kappa shape index (κ1) is 27.8. The zero-order valence-electron chi connectivity index (χ0n) is 20.4. The Kier molecular flexibility index (Phi) is 9.76. The van der Waals surface area contributed by atoms with Crippen LogP contribution in [0.3, 0.4) is 0 Å². The van der Waals surface area contributed by atoms with Crippen molar-refractivity contribution in [2.45, 2.75) is 46.2 Å². The number of non-ortho nitro benzene ring substituents is 1. The summed E-state index contributed by atoms with van der Waals surface area (Å²) in [6.07, 6.45) is 1.97. The van der Waals surface area contributed by atoms with Gasteiger partial charge in [-0.15, -0.1) is 0 Å². The number of hydrogen-bond acceptors (Lipinski definition) is 6. The average Bonchev–Trinajstić information content (AvgIpc) is 2.81. The molecule has 1 unspecified atom stereocenters. The number of nitrogens with one attached hydrogen (secondary N) is 1. The summed E-state index contributed by atoms with van der Waals surface area (Å²) in [7, 11) is -3.97. The van der Waals surface area contributed by atoms with Crippen LogP contribution in [0.4, 0.5) is 11.4 Å². The Morgan fingerprint density at radius 1 is 1.11 bits per heavy atom. The first-order valence-corrected chi connectivity index (χ1v) is 13.2. The second kappa shape index (κ2) is 12.3. The van der Waals surface area contributed by atoms with Crippen molar-refractivity contribution >= 4 is 33.2 Å². The SMILES string of the molecule is CCCNC(=O)C(CC)N(Cc1ccc(C)cc1)C(=O)CN(c1cccc([N+](=O)[O-])c1)S(C)(=O)=O. The van der Waals surface area contributed by atoms with Crippen molar-refractivity contribution in [1.29, 1.82) is 0 Å². The van der Waals surface area contributed by atoms with E-state index in [1.807, 2.05) is 38.1 Å². The third-order valence-electron chi connectivity index (χ3n) is 5.42. The summed E-state index contributed by atoms with van der Waals surface area (Å²) in [5, 5.41) is 14.0. The highest BCUT2D eigenvalue weighted by Gasteiger charge is 2.32. The van der Waals surface area contributed by atoms with Gasteiger partial charge in [-0.25, -0.2) is 8.42 Å². The normalized spacial score (nSPS) is 12.0. The van der Waals surface area contributed by atoms with Crippen molar-refractivity contribution in [3.8, 4) is 0 Å². The number of nitrogens with zero attached hydrogens (tertiary/aromatic N) is 3. The lowest BCUT2D eigenvalue weighted by Crippen LogP contribution is -2.52. The second-order valence-electron chi connectivity index (χ2n) is 8.27. The van der Waals surface area contributed by atoms with E-state index in [1.54, 1.807) is 6.92 Å². The van der Waals surface area contributed by atoms with Crippen LogP contribution in [-0.4, -0.2) is 55.4 Å². The molecule has 10 nitrogen and oxygen atoms in total. The maximum absolute atomic E-state index is 13.5. The quantitative estimate of drug-likeness (QED) is 0.349. The molecular formula is C24H32N4O6S. The fourth-order valence-corrected chi connectivity index (χ4v) is 4.39. The third kappa shape index (κ3) is 7.78. The number of carbonyl (C=O) groups excluding carboxylic acids is 2. The van der Waals surface area contributed by atoms with Gasteiger partial charge in [0.25, 0.3) is 5.69 Å². The smallest absolute Gasteiger partial charge is 0.271 e. The van der Waals surface area contributed by atoms with Crippen LogP contribution in [-0.2, 0) is 26.2 Å². The first-order chi connectivity index (χ1) is 16.5. The summed E-state index contributed by atoms with van der Waals surface area (Å²) in [4.78, 5) is 38.4. The van der Waals surface area contributed by atoms with E-state index in [4.69, 9.17) is 0 Å². The maximum Gasteiger partial charge on any atom is 0.271 e. The Labute approximate surface area is 206 Å². The predicted molar refractivity (Wildman–Crippen MR) is 134 cm³/mol. The van der Waals surface area contributed by atoms with Gasteiger partial charge in [0.1, 0.15) is 12.6 Å². The Bertz CT molecular complexity index is 1150. The van der Waals surface area contributed by atoms with Gasteiger partial charge in [0.2, 0.25) is 21.8 Å². The molecule has 0 aliphatic carbocycles. The van der Waals surface area contributed by atoms with Crippen LogP contribution in [0.25, 0.3) is 0 Å². The highest BCUT2D eigenvalue weighted by Crippen LogP contribution is 2.24. The average molecular weight is 505 g/mol.